The molecule has 6 heteroatoms. The average molecular weight is 249 g/mol. The molecule has 1 aromatic carbocycles. The van der Waals surface area contributed by atoms with E-state index < -0.39 is 0 Å². The molecule has 1 rings (SSSR count). The zero-order chi connectivity index (χ0) is 11.3. The number of nitrogens with zero attached hydrogens (tertiary/aromatic N) is 1. The highest BCUT2D eigenvalue weighted by atomic mass is 35.5. The standard InChI is InChI=1S/C9H10Cl2N2O2/c10-7-3-6(4-8(11)9(7)15)5-13-12-1-2-14/h3-5,12,14-15H,1-2H2/b13-5+. The molecule has 0 aliphatic carbocycles. The van der Waals surface area contributed by atoms with Crippen molar-refractivity contribution in [2.45, 2.75) is 0 Å². The van der Waals surface area contributed by atoms with E-state index >= 15 is 0 Å². The number of aliphatic hydroxyl groups excluding tert-OH is 1. The van der Waals surface area contributed by atoms with Crippen molar-refractivity contribution in [3.8, 4) is 5.75 Å². The van der Waals surface area contributed by atoms with Crippen LogP contribution < -0.4 is 5.43 Å². The molecule has 0 bridgehead atoms. The van der Waals surface area contributed by atoms with Gasteiger partial charge in [-0.2, -0.15) is 5.10 Å². The van der Waals surface area contributed by atoms with Crippen LogP contribution in [0.15, 0.2) is 17.2 Å². The van der Waals surface area contributed by atoms with E-state index in [1.165, 1.54) is 18.3 Å². The van der Waals surface area contributed by atoms with Crippen LogP contribution in [-0.4, -0.2) is 29.6 Å². The van der Waals surface area contributed by atoms with E-state index in [9.17, 15) is 5.11 Å². The van der Waals surface area contributed by atoms with Gasteiger partial charge in [-0.05, 0) is 17.7 Å². The molecule has 0 spiro atoms. The second-order valence-electron chi connectivity index (χ2n) is 2.72. The number of hydrogen-bond acceptors (Lipinski definition) is 4. The zero-order valence-electron chi connectivity index (χ0n) is 7.74. The molecule has 0 heterocycles. The van der Waals surface area contributed by atoms with Gasteiger partial charge in [0.1, 0.15) is 0 Å². The number of halogens is 2. The summed E-state index contributed by atoms with van der Waals surface area (Å²) >= 11 is 11.4. The Bertz CT molecular complexity index is 346. The summed E-state index contributed by atoms with van der Waals surface area (Å²) in [6, 6.07) is 3.07. The molecule has 15 heavy (non-hydrogen) atoms. The molecule has 0 amide bonds. The Labute approximate surface area is 97.1 Å². The quantitative estimate of drug-likeness (QED) is 0.431. The van der Waals surface area contributed by atoms with Gasteiger partial charge >= 0.3 is 0 Å². The van der Waals surface area contributed by atoms with Crippen molar-refractivity contribution >= 4 is 29.4 Å². The Balaban J connectivity index is 2.74. The SMILES string of the molecule is OCCN/N=C/c1cc(Cl)c(O)c(Cl)c1. The lowest BCUT2D eigenvalue weighted by Crippen LogP contribution is -2.11. The fraction of sp³-hybridized carbons (Fsp3) is 0.222. The fourth-order valence-corrected chi connectivity index (χ4v) is 1.40. The van der Waals surface area contributed by atoms with Crippen LogP contribution in [0.1, 0.15) is 5.56 Å². The van der Waals surface area contributed by atoms with Gasteiger partial charge in [0.15, 0.2) is 5.75 Å². The number of benzene rings is 1. The summed E-state index contributed by atoms with van der Waals surface area (Å²) in [6.07, 6.45) is 1.49. The third-order valence-electron chi connectivity index (χ3n) is 1.57. The molecule has 82 valence electrons. The Hall–Kier alpha value is -0.970. The minimum atomic E-state index is -0.140. The van der Waals surface area contributed by atoms with Crippen LogP contribution in [0.4, 0.5) is 0 Å². The van der Waals surface area contributed by atoms with E-state index in [1.54, 1.807) is 0 Å². The molecule has 0 aromatic heterocycles. The van der Waals surface area contributed by atoms with Crippen LogP contribution in [0.3, 0.4) is 0 Å². The first-order chi connectivity index (χ1) is 7.15. The third kappa shape index (κ3) is 3.58. The lowest BCUT2D eigenvalue weighted by atomic mass is 10.2. The second kappa shape index (κ2) is 5.80. The molecular weight excluding hydrogens is 239 g/mol. The van der Waals surface area contributed by atoms with Crippen molar-refractivity contribution in [3.05, 3.63) is 27.7 Å². The predicted octanol–water partition coefficient (Wildman–Crippen LogP) is 1.61. The Morgan fingerprint density at radius 1 is 1.33 bits per heavy atom. The van der Waals surface area contributed by atoms with E-state index in [0.717, 1.165) is 0 Å². The summed E-state index contributed by atoms with van der Waals surface area (Å²) in [6.45, 7) is 0.379. The van der Waals surface area contributed by atoms with Crippen LogP contribution in [0.5, 0.6) is 5.75 Å². The summed E-state index contributed by atoms with van der Waals surface area (Å²) < 4.78 is 0. The molecule has 4 nitrogen and oxygen atoms in total. The van der Waals surface area contributed by atoms with Gasteiger partial charge in [-0.25, -0.2) is 0 Å². The lowest BCUT2D eigenvalue weighted by molar-refractivity contribution is 0.294. The van der Waals surface area contributed by atoms with Crippen LogP contribution in [0.2, 0.25) is 10.0 Å². The van der Waals surface area contributed by atoms with Gasteiger partial charge in [0.2, 0.25) is 0 Å². The number of phenols is 1. The molecule has 0 saturated heterocycles. The smallest absolute Gasteiger partial charge is 0.152 e. The molecule has 0 atom stereocenters. The first-order valence-corrected chi connectivity index (χ1v) is 4.95. The summed E-state index contributed by atoms with van der Waals surface area (Å²) in [4.78, 5) is 0. The van der Waals surface area contributed by atoms with Gasteiger partial charge in [0, 0.05) is 0 Å². The van der Waals surface area contributed by atoms with Crippen molar-refractivity contribution in [1.82, 2.24) is 5.43 Å². The molecule has 0 saturated carbocycles. The minimum absolute atomic E-state index is 0.00836. The van der Waals surface area contributed by atoms with Crippen molar-refractivity contribution in [2.24, 2.45) is 5.10 Å². The molecule has 3 N–H and O–H groups in total. The Morgan fingerprint density at radius 2 is 1.93 bits per heavy atom. The second-order valence-corrected chi connectivity index (χ2v) is 3.54. The molecule has 1 aromatic rings. The topological polar surface area (TPSA) is 64.8 Å². The number of hydrogen-bond donors (Lipinski definition) is 3. The van der Waals surface area contributed by atoms with E-state index in [4.69, 9.17) is 28.3 Å². The van der Waals surface area contributed by atoms with Crippen molar-refractivity contribution in [3.63, 3.8) is 0 Å². The van der Waals surface area contributed by atoms with Crippen LogP contribution >= 0.6 is 23.2 Å². The highest BCUT2D eigenvalue weighted by Gasteiger charge is 2.04. The van der Waals surface area contributed by atoms with Gasteiger partial charge in [0.05, 0.1) is 29.4 Å². The van der Waals surface area contributed by atoms with Crippen molar-refractivity contribution in [1.29, 1.82) is 0 Å². The van der Waals surface area contributed by atoms with E-state index in [0.29, 0.717) is 12.1 Å². The van der Waals surface area contributed by atoms with E-state index in [1.807, 2.05) is 0 Å². The summed E-state index contributed by atoms with van der Waals surface area (Å²) in [5.41, 5.74) is 3.27. The largest absolute Gasteiger partial charge is 0.505 e. The lowest BCUT2D eigenvalue weighted by Gasteiger charge is -2.01. The number of aliphatic hydroxyl groups is 1. The van der Waals surface area contributed by atoms with Gasteiger partial charge in [-0.15, -0.1) is 0 Å². The van der Waals surface area contributed by atoms with Crippen LogP contribution in [0, 0.1) is 0 Å². The maximum Gasteiger partial charge on any atom is 0.152 e. The van der Waals surface area contributed by atoms with Crippen molar-refractivity contribution in [2.75, 3.05) is 13.2 Å². The average Bonchev–Trinajstić information content (AvgIpc) is 2.21. The maximum atomic E-state index is 9.28. The first-order valence-electron chi connectivity index (χ1n) is 4.20. The number of aromatic hydroxyl groups is 1. The molecule has 0 unspecified atom stereocenters. The molecule has 0 fully saturated rings. The third-order valence-corrected chi connectivity index (χ3v) is 2.14. The predicted molar refractivity (Wildman–Crippen MR) is 60.8 cm³/mol. The monoisotopic (exact) mass is 248 g/mol. The van der Waals surface area contributed by atoms with Crippen LogP contribution in [-0.2, 0) is 0 Å². The normalized spacial score (nSPS) is 10.9. The van der Waals surface area contributed by atoms with E-state index in [-0.39, 0.29) is 22.4 Å². The van der Waals surface area contributed by atoms with Gasteiger partial charge in [0.25, 0.3) is 0 Å². The number of hydrazone groups is 1. The fourth-order valence-electron chi connectivity index (χ4n) is 0.894. The first kappa shape index (κ1) is 12.1. The Morgan fingerprint density at radius 3 is 2.47 bits per heavy atom. The minimum Gasteiger partial charge on any atom is -0.505 e. The van der Waals surface area contributed by atoms with Gasteiger partial charge in [-0.3, -0.25) is 0 Å². The van der Waals surface area contributed by atoms with Crippen LogP contribution in [0.25, 0.3) is 0 Å². The number of rotatable bonds is 4. The summed E-state index contributed by atoms with van der Waals surface area (Å²) in [7, 11) is 0. The van der Waals surface area contributed by atoms with Crippen molar-refractivity contribution < 1.29 is 10.2 Å². The number of nitrogens with one attached hydrogen (secondary N) is 1. The zero-order valence-corrected chi connectivity index (χ0v) is 9.26. The summed E-state index contributed by atoms with van der Waals surface area (Å²) in [5, 5.41) is 21.9. The maximum absolute atomic E-state index is 9.28. The molecule has 0 radical (unpaired) electrons. The molecular formula is C9H10Cl2N2O2. The number of phenolic OH excluding ortho intramolecular Hbond substituents is 1. The molecule has 0 aliphatic heterocycles. The van der Waals surface area contributed by atoms with Gasteiger partial charge < -0.3 is 15.6 Å². The van der Waals surface area contributed by atoms with Gasteiger partial charge in [-0.1, -0.05) is 23.2 Å². The van der Waals surface area contributed by atoms with E-state index in [2.05, 4.69) is 10.5 Å². The highest BCUT2D eigenvalue weighted by Crippen LogP contribution is 2.32. The molecule has 0 aliphatic rings. The highest BCUT2D eigenvalue weighted by molar-refractivity contribution is 6.37. The Kier molecular flexibility index (Phi) is 4.68. The summed E-state index contributed by atoms with van der Waals surface area (Å²) in [5.74, 6) is -0.140.